The Labute approximate surface area is 246 Å². The van der Waals surface area contributed by atoms with E-state index in [1.807, 2.05) is 6.07 Å². The highest BCUT2D eigenvalue weighted by Crippen LogP contribution is 2.40. The van der Waals surface area contributed by atoms with E-state index in [1.54, 1.807) is 43.5 Å². The molecule has 1 fully saturated rings. The van der Waals surface area contributed by atoms with Gasteiger partial charge in [-0.3, -0.25) is 9.59 Å². The van der Waals surface area contributed by atoms with Crippen molar-refractivity contribution in [2.24, 2.45) is 5.92 Å². The van der Waals surface area contributed by atoms with Gasteiger partial charge in [0.05, 0.1) is 13.2 Å². The first-order valence-electron chi connectivity index (χ1n) is 14.7. The summed E-state index contributed by atoms with van der Waals surface area (Å²) in [7, 11) is 1.60. The Morgan fingerprint density at radius 3 is 2.40 bits per heavy atom. The topological polar surface area (TPSA) is 81.0 Å². The van der Waals surface area contributed by atoms with E-state index in [1.165, 1.54) is 11.1 Å². The zero-order valence-electron chi connectivity index (χ0n) is 24.1. The number of carbonyl (C=O) groups excluding carboxylic acids is 2. The largest absolute Gasteiger partial charge is 0.497 e. The third-order valence-corrected chi connectivity index (χ3v) is 8.34. The van der Waals surface area contributed by atoms with E-state index in [9.17, 15) is 9.59 Å². The van der Waals surface area contributed by atoms with E-state index < -0.39 is 0 Å². The molecule has 0 radical (unpaired) electrons. The average molecular weight is 565 g/mol. The van der Waals surface area contributed by atoms with Gasteiger partial charge >= 0.3 is 0 Å². The van der Waals surface area contributed by atoms with Gasteiger partial charge in [-0.1, -0.05) is 48.7 Å². The molecule has 4 aromatic rings. The quantitative estimate of drug-likeness (QED) is 0.247. The number of aryl methyl sites for hydroxylation is 1. The summed E-state index contributed by atoms with van der Waals surface area (Å²) >= 11 is 0. The van der Waals surface area contributed by atoms with Gasteiger partial charge in [0.2, 0.25) is 5.91 Å². The molecule has 1 unspecified atom stereocenters. The Kier molecular flexibility index (Phi) is 8.00. The van der Waals surface area contributed by atoms with E-state index in [4.69, 9.17) is 13.9 Å². The first kappa shape index (κ1) is 27.6. The molecule has 0 bridgehead atoms. The fraction of sp³-hybridized carbons (Fsp3) is 0.314. The standard InChI is InChI=1S/C35H36N2O5/c1-23-7-9-25(10-8-23)33-31-21-29(14-11-24(31)19-20-37(33)35(39)26-5-3-4-6-26)41-22-30-17-18-32(42-30)34(38)36-27-12-15-28(40-2)16-13-27/h7-18,21,26,33H,3-6,19-20,22H2,1-2H3,(H,36,38). The van der Waals surface area contributed by atoms with Crippen LogP contribution in [0.2, 0.25) is 0 Å². The fourth-order valence-corrected chi connectivity index (χ4v) is 6.03. The maximum atomic E-state index is 13.7. The first-order valence-corrected chi connectivity index (χ1v) is 14.7. The lowest BCUT2D eigenvalue weighted by Crippen LogP contribution is -2.43. The third kappa shape index (κ3) is 5.91. The van der Waals surface area contributed by atoms with Crippen LogP contribution < -0.4 is 14.8 Å². The number of anilines is 1. The molecule has 2 amide bonds. The number of ether oxygens (including phenoxy) is 2. The lowest BCUT2D eigenvalue weighted by atomic mass is 9.86. The lowest BCUT2D eigenvalue weighted by Gasteiger charge is -2.39. The summed E-state index contributed by atoms with van der Waals surface area (Å²) in [6, 6.07) is 25.0. The number of rotatable bonds is 8. The molecule has 1 saturated carbocycles. The molecule has 216 valence electrons. The first-order chi connectivity index (χ1) is 20.5. The Hall–Kier alpha value is -4.52. The summed E-state index contributed by atoms with van der Waals surface area (Å²) in [6.07, 6.45) is 5.04. The number of fused-ring (bicyclic) bond motifs is 1. The number of nitrogens with one attached hydrogen (secondary N) is 1. The second-order valence-corrected chi connectivity index (χ2v) is 11.2. The number of nitrogens with zero attached hydrogens (tertiary/aromatic N) is 1. The van der Waals surface area contributed by atoms with Gasteiger partial charge in [0.15, 0.2) is 5.76 Å². The SMILES string of the molecule is COc1ccc(NC(=O)c2ccc(COc3ccc4c(c3)C(c3ccc(C)cc3)N(C(=O)C3CCCC3)CC4)o2)cc1. The Morgan fingerprint density at radius 1 is 0.929 bits per heavy atom. The second kappa shape index (κ2) is 12.1. The Balaban J connectivity index is 1.18. The van der Waals surface area contributed by atoms with Crippen LogP contribution in [0.15, 0.2) is 83.3 Å². The fourth-order valence-electron chi connectivity index (χ4n) is 6.03. The van der Waals surface area contributed by atoms with Gasteiger partial charge in [-0.15, -0.1) is 0 Å². The molecule has 1 atom stereocenters. The van der Waals surface area contributed by atoms with E-state index in [0.717, 1.165) is 49.8 Å². The van der Waals surface area contributed by atoms with Gasteiger partial charge in [0.1, 0.15) is 23.9 Å². The van der Waals surface area contributed by atoms with E-state index >= 15 is 0 Å². The normalized spacial score (nSPS) is 16.6. The molecule has 1 aliphatic carbocycles. The van der Waals surface area contributed by atoms with Crippen molar-refractivity contribution in [2.75, 3.05) is 19.0 Å². The number of amides is 2. The number of methoxy groups -OCH3 is 1. The summed E-state index contributed by atoms with van der Waals surface area (Å²) in [5.74, 6) is 2.21. The highest BCUT2D eigenvalue weighted by atomic mass is 16.5. The summed E-state index contributed by atoms with van der Waals surface area (Å²) in [6.45, 7) is 2.97. The number of hydrogen-bond acceptors (Lipinski definition) is 5. The minimum absolute atomic E-state index is 0.119. The average Bonchev–Trinajstić information content (AvgIpc) is 3.73. The van der Waals surface area contributed by atoms with Crippen molar-refractivity contribution in [3.05, 3.63) is 113 Å². The van der Waals surface area contributed by atoms with Gasteiger partial charge in [0.25, 0.3) is 5.91 Å². The number of hydrogen-bond donors (Lipinski definition) is 1. The minimum Gasteiger partial charge on any atom is -0.497 e. The monoisotopic (exact) mass is 564 g/mol. The highest BCUT2D eigenvalue weighted by molar-refractivity contribution is 6.02. The molecule has 1 aliphatic heterocycles. The Morgan fingerprint density at radius 2 is 1.67 bits per heavy atom. The van der Waals surface area contributed by atoms with Crippen LogP contribution in [-0.2, 0) is 17.8 Å². The molecule has 1 N–H and O–H groups in total. The van der Waals surface area contributed by atoms with Gasteiger partial charge in [0, 0.05) is 18.2 Å². The van der Waals surface area contributed by atoms with Crippen molar-refractivity contribution in [3.63, 3.8) is 0 Å². The summed E-state index contributed by atoms with van der Waals surface area (Å²) in [4.78, 5) is 28.5. The van der Waals surface area contributed by atoms with Gasteiger partial charge in [-0.2, -0.15) is 0 Å². The highest BCUT2D eigenvalue weighted by Gasteiger charge is 2.36. The van der Waals surface area contributed by atoms with Gasteiger partial charge in [-0.05, 0) is 91.4 Å². The van der Waals surface area contributed by atoms with Crippen LogP contribution in [0.5, 0.6) is 11.5 Å². The van der Waals surface area contributed by atoms with Crippen molar-refractivity contribution >= 4 is 17.5 Å². The van der Waals surface area contributed by atoms with Crippen LogP contribution in [0.1, 0.15) is 70.3 Å². The molecule has 1 aromatic heterocycles. The Bertz CT molecular complexity index is 1550. The summed E-state index contributed by atoms with van der Waals surface area (Å²) in [5.41, 5.74) is 5.29. The predicted molar refractivity (Wildman–Crippen MR) is 161 cm³/mol. The molecule has 2 heterocycles. The summed E-state index contributed by atoms with van der Waals surface area (Å²) < 4.78 is 17.1. The second-order valence-electron chi connectivity index (χ2n) is 11.2. The molecule has 0 spiro atoms. The van der Waals surface area contributed by atoms with Crippen molar-refractivity contribution < 1.29 is 23.5 Å². The molecule has 7 nitrogen and oxygen atoms in total. The molecule has 6 rings (SSSR count). The van der Waals surface area contributed by atoms with Gasteiger partial charge in [-0.25, -0.2) is 0 Å². The predicted octanol–water partition coefficient (Wildman–Crippen LogP) is 7.09. The van der Waals surface area contributed by atoms with Crippen LogP contribution in [0.3, 0.4) is 0 Å². The molecule has 0 saturated heterocycles. The number of carbonyl (C=O) groups is 2. The number of benzene rings is 3. The maximum absolute atomic E-state index is 13.7. The lowest BCUT2D eigenvalue weighted by molar-refractivity contribution is -0.137. The zero-order valence-corrected chi connectivity index (χ0v) is 24.1. The van der Waals surface area contributed by atoms with Crippen LogP contribution in [0.4, 0.5) is 5.69 Å². The van der Waals surface area contributed by atoms with E-state index in [2.05, 4.69) is 53.5 Å². The molecule has 3 aromatic carbocycles. The van der Waals surface area contributed by atoms with Crippen LogP contribution in [0, 0.1) is 12.8 Å². The van der Waals surface area contributed by atoms with Crippen LogP contribution >= 0.6 is 0 Å². The maximum Gasteiger partial charge on any atom is 0.291 e. The molecule has 7 heteroatoms. The molecule has 42 heavy (non-hydrogen) atoms. The van der Waals surface area contributed by atoms with Crippen molar-refractivity contribution in [1.29, 1.82) is 0 Å². The minimum atomic E-state index is -0.340. The van der Waals surface area contributed by atoms with E-state index in [0.29, 0.717) is 22.9 Å². The van der Waals surface area contributed by atoms with Crippen molar-refractivity contribution in [3.8, 4) is 11.5 Å². The zero-order chi connectivity index (χ0) is 29.1. The van der Waals surface area contributed by atoms with Crippen molar-refractivity contribution in [1.82, 2.24) is 4.90 Å². The smallest absolute Gasteiger partial charge is 0.291 e. The third-order valence-electron chi connectivity index (χ3n) is 8.34. The van der Waals surface area contributed by atoms with E-state index in [-0.39, 0.29) is 36.1 Å². The molecular formula is C35H36N2O5. The van der Waals surface area contributed by atoms with Crippen molar-refractivity contribution in [2.45, 2.75) is 51.7 Å². The van der Waals surface area contributed by atoms with Gasteiger partial charge < -0.3 is 24.1 Å². The van der Waals surface area contributed by atoms with Crippen LogP contribution in [0.25, 0.3) is 0 Å². The molecular weight excluding hydrogens is 528 g/mol. The van der Waals surface area contributed by atoms with Crippen LogP contribution in [-0.4, -0.2) is 30.4 Å². The number of furan rings is 1. The summed E-state index contributed by atoms with van der Waals surface area (Å²) in [5, 5.41) is 2.83. The molecule has 2 aliphatic rings.